The van der Waals surface area contributed by atoms with E-state index in [-0.39, 0.29) is 58.6 Å². The van der Waals surface area contributed by atoms with Gasteiger partial charge in [-0.15, -0.1) is 0 Å². The highest BCUT2D eigenvalue weighted by molar-refractivity contribution is 5.97. The Morgan fingerprint density at radius 3 is 2.52 bits per heavy atom. The number of benzene rings is 1. The molecule has 29 heavy (non-hydrogen) atoms. The molecule has 1 aromatic carbocycles. The fraction of sp³-hybridized carbons (Fsp3) is 0.263. The summed E-state index contributed by atoms with van der Waals surface area (Å²) in [6, 6.07) is 4.81. The number of nitro groups is 1. The van der Waals surface area contributed by atoms with Crippen molar-refractivity contribution in [3.05, 3.63) is 55.9 Å². The van der Waals surface area contributed by atoms with E-state index >= 15 is 0 Å². The average molecular weight is 400 g/mol. The third kappa shape index (κ3) is 3.91. The van der Waals surface area contributed by atoms with Crippen LogP contribution in [0.3, 0.4) is 0 Å². The normalized spacial score (nSPS) is 10.8. The maximum absolute atomic E-state index is 12.9. The number of esters is 2. The molecule has 150 valence electrons. The number of rotatable bonds is 6. The average Bonchev–Trinajstić information content (AvgIpc) is 2.67. The van der Waals surface area contributed by atoms with Gasteiger partial charge in [-0.25, -0.2) is 9.78 Å². The van der Waals surface area contributed by atoms with Gasteiger partial charge in [-0.05, 0) is 26.0 Å². The smallest absolute Gasteiger partial charge is 0.340 e. The summed E-state index contributed by atoms with van der Waals surface area (Å²) in [7, 11) is 0. The van der Waals surface area contributed by atoms with Gasteiger partial charge in [0.25, 0.3) is 5.69 Å². The van der Waals surface area contributed by atoms with Gasteiger partial charge in [-0.2, -0.15) is 0 Å². The number of fused-ring (bicyclic) bond motifs is 2. The molecular weight excluding hydrogens is 384 g/mol. The second kappa shape index (κ2) is 8.05. The zero-order chi connectivity index (χ0) is 21.1. The Hall–Kier alpha value is -3.82. The lowest BCUT2D eigenvalue weighted by molar-refractivity contribution is -0.384. The van der Waals surface area contributed by atoms with E-state index < -0.39 is 22.3 Å². The number of ether oxygens (including phenoxy) is 2. The summed E-state index contributed by atoms with van der Waals surface area (Å²) in [5, 5.41) is 10.9. The first kappa shape index (κ1) is 19.9. The quantitative estimate of drug-likeness (QED) is 0.264. The van der Waals surface area contributed by atoms with E-state index in [2.05, 4.69) is 4.98 Å². The Kier molecular flexibility index (Phi) is 5.53. The topological polar surface area (TPSA) is 139 Å². The Balaban J connectivity index is 2.26. The van der Waals surface area contributed by atoms with E-state index in [0.29, 0.717) is 0 Å². The molecule has 0 aliphatic carbocycles. The SMILES string of the molecule is CCOC(=O)Cc1nc2oc3ccc([N+](=O)[O-])cc3c(=O)c2cc1C(=O)OCC. The summed E-state index contributed by atoms with van der Waals surface area (Å²) < 4.78 is 15.5. The molecule has 10 nitrogen and oxygen atoms in total. The summed E-state index contributed by atoms with van der Waals surface area (Å²) in [5.41, 5.74) is -0.925. The molecule has 3 rings (SSSR count). The van der Waals surface area contributed by atoms with Gasteiger partial charge in [0.1, 0.15) is 5.58 Å². The molecule has 0 radical (unpaired) electrons. The van der Waals surface area contributed by atoms with E-state index in [0.717, 1.165) is 6.07 Å². The maximum Gasteiger partial charge on any atom is 0.340 e. The molecule has 0 aliphatic rings. The van der Waals surface area contributed by atoms with Gasteiger partial charge in [0, 0.05) is 12.1 Å². The number of carbonyl (C=O) groups excluding carboxylic acids is 2. The molecule has 0 fully saturated rings. The molecule has 0 amide bonds. The second-order valence-corrected chi connectivity index (χ2v) is 5.91. The molecule has 0 saturated heterocycles. The van der Waals surface area contributed by atoms with Crippen molar-refractivity contribution in [3.63, 3.8) is 0 Å². The molecule has 2 aromatic heterocycles. The van der Waals surface area contributed by atoms with Crippen LogP contribution in [0.5, 0.6) is 0 Å². The van der Waals surface area contributed by atoms with Gasteiger partial charge in [-0.3, -0.25) is 19.7 Å². The van der Waals surface area contributed by atoms with Crippen LogP contribution in [0.15, 0.2) is 33.5 Å². The minimum absolute atomic E-state index is 0.0264. The van der Waals surface area contributed by atoms with E-state index in [9.17, 15) is 24.5 Å². The van der Waals surface area contributed by atoms with Crippen LogP contribution in [0.4, 0.5) is 5.69 Å². The lowest BCUT2D eigenvalue weighted by Crippen LogP contribution is -2.16. The van der Waals surface area contributed by atoms with Crippen molar-refractivity contribution in [3.8, 4) is 0 Å². The molecule has 0 spiro atoms. The predicted molar refractivity (Wildman–Crippen MR) is 101 cm³/mol. The molecule has 0 saturated carbocycles. The molecule has 0 N–H and O–H groups in total. The lowest BCUT2D eigenvalue weighted by atomic mass is 10.1. The van der Waals surface area contributed by atoms with Crippen LogP contribution < -0.4 is 5.43 Å². The monoisotopic (exact) mass is 400 g/mol. The van der Waals surface area contributed by atoms with E-state index in [4.69, 9.17) is 13.9 Å². The Morgan fingerprint density at radius 2 is 1.86 bits per heavy atom. The first-order valence-electron chi connectivity index (χ1n) is 8.73. The van der Waals surface area contributed by atoms with Gasteiger partial charge in [0.2, 0.25) is 11.1 Å². The minimum Gasteiger partial charge on any atom is -0.466 e. The largest absolute Gasteiger partial charge is 0.466 e. The highest BCUT2D eigenvalue weighted by Gasteiger charge is 2.22. The fourth-order valence-corrected chi connectivity index (χ4v) is 2.79. The maximum atomic E-state index is 12.9. The van der Waals surface area contributed by atoms with Crippen molar-refractivity contribution in [2.24, 2.45) is 0 Å². The Bertz CT molecular complexity index is 1200. The third-order valence-electron chi connectivity index (χ3n) is 4.05. The molecule has 3 aromatic rings. The van der Waals surface area contributed by atoms with Gasteiger partial charge < -0.3 is 13.9 Å². The second-order valence-electron chi connectivity index (χ2n) is 5.91. The fourth-order valence-electron chi connectivity index (χ4n) is 2.79. The molecule has 0 aliphatic heterocycles. The summed E-state index contributed by atoms with van der Waals surface area (Å²) in [6.07, 6.45) is -0.320. The Labute approximate surface area is 163 Å². The zero-order valence-electron chi connectivity index (χ0n) is 15.6. The van der Waals surface area contributed by atoms with Crippen LogP contribution in [0.25, 0.3) is 22.1 Å². The number of carbonyl (C=O) groups is 2. The van der Waals surface area contributed by atoms with Crippen LogP contribution in [0.1, 0.15) is 29.9 Å². The molecule has 2 heterocycles. The number of hydrogen-bond donors (Lipinski definition) is 0. The minimum atomic E-state index is -0.764. The van der Waals surface area contributed by atoms with Gasteiger partial charge in [0.15, 0.2) is 0 Å². The first-order chi connectivity index (χ1) is 13.8. The van der Waals surface area contributed by atoms with Crippen LogP contribution in [-0.4, -0.2) is 35.1 Å². The van der Waals surface area contributed by atoms with Gasteiger partial charge >= 0.3 is 11.9 Å². The summed E-state index contributed by atoms with van der Waals surface area (Å²) in [6.45, 7) is 3.48. The molecule has 0 bridgehead atoms. The number of hydrogen-bond acceptors (Lipinski definition) is 9. The highest BCUT2D eigenvalue weighted by atomic mass is 16.6. The van der Waals surface area contributed by atoms with Crippen molar-refractivity contribution in [1.82, 2.24) is 4.98 Å². The predicted octanol–water partition coefficient (Wildman–Crippen LogP) is 2.53. The standard InChI is InChI=1S/C19H16N2O8/c1-3-27-16(22)9-14-11(19(24)28-4-2)8-13-17(23)12-7-10(21(25)26)5-6-15(12)29-18(13)20-14/h5-8H,3-4,9H2,1-2H3. The summed E-state index contributed by atoms with van der Waals surface area (Å²) in [5.74, 6) is -1.37. The van der Waals surface area contributed by atoms with Gasteiger partial charge in [-0.1, -0.05) is 0 Å². The van der Waals surface area contributed by atoms with Gasteiger partial charge in [0.05, 0.1) is 46.6 Å². The zero-order valence-corrected chi connectivity index (χ0v) is 15.6. The van der Waals surface area contributed by atoms with E-state index in [1.54, 1.807) is 13.8 Å². The Morgan fingerprint density at radius 1 is 1.14 bits per heavy atom. The number of aromatic nitrogens is 1. The molecular formula is C19H16N2O8. The number of non-ortho nitro benzene ring substituents is 1. The number of nitrogens with zero attached hydrogens (tertiary/aromatic N) is 2. The van der Waals surface area contributed by atoms with Crippen LogP contribution in [0, 0.1) is 10.1 Å². The van der Waals surface area contributed by atoms with E-state index in [1.165, 1.54) is 18.2 Å². The van der Waals surface area contributed by atoms with Crippen molar-refractivity contribution >= 4 is 39.7 Å². The summed E-state index contributed by atoms with van der Waals surface area (Å²) >= 11 is 0. The summed E-state index contributed by atoms with van der Waals surface area (Å²) in [4.78, 5) is 51.6. The number of pyridine rings is 1. The van der Waals surface area contributed by atoms with Crippen molar-refractivity contribution < 1.29 is 28.4 Å². The molecule has 10 heteroatoms. The third-order valence-corrected chi connectivity index (χ3v) is 4.05. The molecule has 0 atom stereocenters. The van der Waals surface area contributed by atoms with E-state index in [1.807, 2.05) is 0 Å². The first-order valence-corrected chi connectivity index (χ1v) is 8.73. The van der Waals surface area contributed by atoms with Crippen molar-refractivity contribution in [1.29, 1.82) is 0 Å². The van der Waals surface area contributed by atoms with Crippen LogP contribution in [0.2, 0.25) is 0 Å². The van der Waals surface area contributed by atoms with Crippen molar-refractivity contribution in [2.45, 2.75) is 20.3 Å². The van der Waals surface area contributed by atoms with Crippen LogP contribution >= 0.6 is 0 Å². The number of nitro benzene ring substituents is 1. The lowest BCUT2D eigenvalue weighted by Gasteiger charge is -2.10. The van der Waals surface area contributed by atoms with Crippen LogP contribution in [-0.2, 0) is 20.7 Å². The van der Waals surface area contributed by atoms with Crippen molar-refractivity contribution in [2.75, 3.05) is 13.2 Å². The highest BCUT2D eigenvalue weighted by Crippen LogP contribution is 2.24. The molecule has 0 unspecified atom stereocenters.